The second kappa shape index (κ2) is 7.51. The van der Waals surface area contributed by atoms with Gasteiger partial charge < -0.3 is 10.6 Å². The van der Waals surface area contributed by atoms with Crippen molar-refractivity contribution in [1.82, 2.24) is 15.1 Å². The van der Waals surface area contributed by atoms with Gasteiger partial charge in [0.2, 0.25) is 5.91 Å². The molecule has 0 saturated carbocycles. The molecule has 2 rings (SSSR count). The Labute approximate surface area is 148 Å². The van der Waals surface area contributed by atoms with Crippen molar-refractivity contribution in [3.8, 4) is 0 Å². The second-order valence-electron chi connectivity index (χ2n) is 7.01. The van der Waals surface area contributed by atoms with Crippen LogP contribution in [0.15, 0.2) is 30.5 Å². The fourth-order valence-corrected chi connectivity index (χ4v) is 2.72. The number of nitrogens with zero attached hydrogens (tertiary/aromatic N) is 2. The van der Waals surface area contributed by atoms with Gasteiger partial charge in [-0.1, -0.05) is 19.1 Å². The van der Waals surface area contributed by atoms with Crippen LogP contribution < -0.4 is 10.6 Å². The third kappa shape index (κ3) is 4.68. The molecule has 0 spiro atoms. The highest BCUT2D eigenvalue weighted by Crippen LogP contribution is 2.20. The molecule has 0 fully saturated rings. The number of carbonyl (C=O) groups is 2. The average Bonchev–Trinajstić information content (AvgIpc) is 2.96. The number of aromatic nitrogens is 2. The number of benzene rings is 1. The summed E-state index contributed by atoms with van der Waals surface area (Å²) >= 11 is 0. The molecule has 0 saturated heterocycles. The summed E-state index contributed by atoms with van der Waals surface area (Å²) in [5.41, 5.74) is 3.00. The maximum atomic E-state index is 12.6. The van der Waals surface area contributed by atoms with Crippen molar-refractivity contribution in [2.24, 2.45) is 0 Å². The van der Waals surface area contributed by atoms with Gasteiger partial charge in [0.15, 0.2) is 0 Å². The SMILES string of the molecule is CCc1c(C(=O)NCc2cccc(NC(C)=O)c2)cnn1C(C)(C)C. The van der Waals surface area contributed by atoms with E-state index in [1.807, 2.05) is 35.9 Å². The van der Waals surface area contributed by atoms with Gasteiger partial charge in [0.05, 0.1) is 23.0 Å². The van der Waals surface area contributed by atoms with Crippen molar-refractivity contribution in [3.63, 3.8) is 0 Å². The normalized spacial score (nSPS) is 11.2. The monoisotopic (exact) mass is 342 g/mol. The summed E-state index contributed by atoms with van der Waals surface area (Å²) in [4.78, 5) is 23.7. The fourth-order valence-electron chi connectivity index (χ4n) is 2.72. The molecule has 1 heterocycles. The van der Waals surface area contributed by atoms with E-state index in [1.54, 1.807) is 6.20 Å². The van der Waals surface area contributed by atoms with Gasteiger partial charge >= 0.3 is 0 Å². The molecule has 6 nitrogen and oxygen atoms in total. The van der Waals surface area contributed by atoms with E-state index in [0.717, 1.165) is 17.7 Å². The molecule has 2 N–H and O–H groups in total. The van der Waals surface area contributed by atoms with Gasteiger partial charge in [-0.3, -0.25) is 14.3 Å². The van der Waals surface area contributed by atoms with Gasteiger partial charge in [-0.05, 0) is 44.9 Å². The van der Waals surface area contributed by atoms with Gasteiger partial charge in [-0.2, -0.15) is 5.10 Å². The van der Waals surface area contributed by atoms with Gasteiger partial charge in [0, 0.05) is 19.2 Å². The standard InChI is InChI=1S/C19H26N4O2/c1-6-17-16(12-21-23(17)19(3,4)5)18(25)20-11-14-8-7-9-15(10-14)22-13(2)24/h7-10,12H,6,11H2,1-5H3,(H,20,25)(H,22,24). The van der Waals surface area contributed by atoms with Gasteiger partial charge in [0.25, 0.3) is 5.91 Å². The van der Waals surface area contributed by atoms with E-state index >= 15 is 0 Å². The Kier molecular flexibility index (Phi) is 5.62. The summed E-state index contributed by atoms with van der Waals surface area (Å²) in [5, 5.41) is 10.1. The predicted molar refractivity (Wildman–Crippen MR) is 98.5 cm³/mol. The molecule has 6 heteroatoms. The molecular weight excluding hydrogens is 316 g/mol. The van der Waals surface area contributed by atoms with Crippen LogP contribution in [-0.4, -0.2) is 21.6 Å². The molecule has 2 aromatic rings. The first kappa shape index (κ1) is 18.7. The Morgan fingerprint density at radius 2 is 1.96 bits per heavy atom. The molecule has 2 amide bonds. The minimum atomic E-state index is -0.170. The van der Waals surface area contributed by atoms with Crippen LogP contribution in [0.5, 0.6) is 0 Å². The smallest absolute Gasteiger partial charge is 0.255 e. The summed E-state index contributed by atoms with van der Waals surface area (Å²) in [6.07, 6.45) is 2.37. The van der Waals surface area contributed by atoms with Gasteiger partial charge in [-0.25, -0.2) is 0 Å². The van der Waals surface area contributed by atoms with E-state index in [9.17, 15) is 9.59 Å². The number of carbonyl (C=O) groups excluding carboxylic acids is 2. The van der Waals surface area contributed by atoms with Crippen LogP contribution in [0.4, 0.5) is 5.69 Å². The number of amides is 2. The molecule has 0 radical (unpaired) electrons. The Hall–Kier alpha value is -2.63. The summed E-state index contributed by atoms with van der Waals surface area (Å²) < 4.78 is 1.90. The van der Waals surface area contributed by atoms with E-state index < -0.39 is 0 Å². The summed E-state index contributed by atoms with van der Waals surface area (Å²) in [6.45, 7) is 10.1. The second-order valence-corrected chi connectivity index (χ2v) is 7.01. The first-order valence-corrected chi connectivity index (χ1v) is 8.44. The summed E-state index contributed by atoms with van der Waals surface area (Å²) in [5.74, 6) is -0.263. The van der Waals surface area contributed by atoms with Crippen molar-refractivity contribution in [1.29, 1.82) is 0 Å². The van der Waals surface area contributed by atoms with Crippen molar-refractivity contribution in [2.75, 3.05) is 5.32 Å². The first-order valence-electron chi connectivity index (χ1n) is 8.44. The zero-order chi connectivity index (χ0) is 18.6. The molecule has 0 aliphatic carbocycles. The van der Waals surface area contributed by atoms with Crippen LogP contribution in [0.3, 0.4) is 0 Å². The lowest BCUT2D eigenvalue weighted by Gasteiger charge is -2.22. The van der Waals surface area contributed by atoms with E-state index in [0.29, 0.717) is 17.8 Å². The molecule has 0 atom stereocenters. The Morgan fingerprint density at radius 3 is 2.56 bits per heavy atom. The highest BCUT2D eigenvalue weighted by atomic mass is 16.2. The van der Waals surface area contributed by atoms with Crippen LogP contribution in [0.2, 0.25) is 0 Å². The number of hydrogen-bond donors (Lipinski definition) is 2. The number of anilines is 1. The Morgan fingerprint density at radius 1 is 1.24 bits per heavy atom. The van der Waals surface area contributed by atoms with E-state index in [1.165, 1.54) is 6.92 Å². The van der Waals surface area contributed by atoms with Gasteiger partial charge in [-0.15, -0.1) is 0 Å². The highest BCUT2D eigenvalue weighted by molar-refractivity contribution is 5.95. The third-order valence-electron chi connectivity index (χ3n) is 3.78. The van der Waals surface area contributed by atoms with Crippen LogP contribution >= 0.6 is 0 Å². The zero-order valence-electron chi connectivity index (χ0n) is 15.5. The molecular formula is C19H26N4O2. The number of nitrogens with one attached hydrogen (secondary N) is 2. The Balaban J connectivity index is 2.11. The minimum Gasteiger partial charge on any atom is -0.348 e. The molecule has 0 unspecified atom stereocenters. The van der Waals surface area contributed by atoms with Crippen LogP contribution in [0.25, 0.3) is 0 Å². The van der Waals surface area contributed by atoms with Crippen molar-refractivity contribution < 1.29 is 9.59 Å². The maximum absolute atomic E-state index is 12.6. The topological polar surface area (TPSA) is 76.0 Å². The van der Waals surface area contributed by atoms with Crippen LogP contribution in [0.1, 0.15) is 56.2 Å². The lowest BCUT2D eigenvalue weighted by Crippen LogP contribution is -2.27. The van der Waals surface area contributed by atoms with E-state index in [4.69, 9.17) is 0 Å². The quantitative estimate of drug-likeness (QED) is 0.877. The fraction of sp³-hybridized carbons (Fsp3) is 0.421. The van der Waals surface area contributed by atoms with E-state index in [-0.39, 0.29) is 17.4 Å². The third-order valence-corrected chi connectivity index (χ3v) is 3.78. The molecule has 0 aliphatic heterocycles. The molecule has 0 aliphatic rings. The minimum absolute atomic E-state index is 0.122. The average molecular weight is 342 g/mol. The van der Waals surface area contributed by atoms with Crippen LogP contribution in [-0.2, 0) is 23.3 Å². The molecule has 0 bridgehead atoms. The molecule has 1 aromatic carbocycles. The number of rotatable bonds is 5. The van der Waals surface area contributed by atoms with Crippen molar-refractivity contribution in [2.45, 2.75) is 53.1 Å². The molecule has 25 heavy (non-hydrogen) atoms. The zero-order valence-corrected chi connectivity index (χ0v) is 15.5. The van der Waals surface area contributed by atoms with Crippen molar-refractivity contribution >= 4 is 17.5 Å². The molecule has 1 aromatic heterocycles. The van der Waals surface area contributed by atoms with Crippen molar-refractivity contribution in [3.05, 3.63) is 47.3 Å². The Bertz CT molecular complexity index is 772. The lowest BCUT2D eigenvalue weighted by molar-refractivity contribution is -0.114. The summed E-state index contributed by atoms with van der Waals surface area (Å²) in [7, 11) is 0. The largest absolute Gasteiger partial charge is 0.348 e. The lowest BCUT2D eigenvalue weighted by atomic mass is 10.1. The maximum Gasteiger partial charge on any atom is 0.255 e. The first-order chi connectivity index (χ1) is 11.7. The predicted octanol–water partition coefficient (Wildman–Crippen LogP) is 3.09. The van der Waals surface area contributed by atoms with Gasteiger partial charge in [0.1, 0.15) is 0 Å². The highest BCUT2D eigenvalue weighted by Gasteiger charge is 2.22. The van der Waals surface area contributed by atoms with E-state index in [2.05, 4.69) is 36.5 Å². The van der Waals surface area contributed by atoms with Crippen LogP contribution in [0, 0.1) is 0 Å². The molecule has 134 valence electrons. The summed E-state index contributed by atoms with van der Waals surface area (Å²) in [6, 6.07) is 7.42. The number of hydrogen-bond acceptors (Lipinski definition) is 3.